The average molecular weight is 360 g/mol. The van der Waals surface area contributed by atoms with Gasteiger partial charge in [-0.05, 0) is 55.5 Å². The van der Waals surface area contributed by atoms with Crippen LogP contribution in [0.2, 0.25) is 0 Å². The van der Waals surface area contributed by atoms with E-state index in [0.717, 1.165) is 42.1 Å². The van der Waals surface area contributed by atoms with Crippen LogP contribution < -0.4 is 5.56 Å². The summed E-state index contributed by atoms with van der Waals surface area (Å²) in [5, 5.41) is 1.00. The van der Waals surface area contributed by atoms with Crippen molar-refractivity contribution in [1.82, 2.24) is 9.88 Å². The average Bonchev–Trinajstić information content (AvgIpc) is 3.21. The number of fused-ring (bicyclic) bond motifs is 1. The van der Waals surface area contributed by atoms with Crippen molar-refractivity contribution in [2.45, 2.75) is 45.2 Å². The number of hydrogen-bond donors (Lipinski definition) is 1. The first-order valence-electron chi connectivity index (χ1n) is 9.60. The van der Waals surface area contributed by atoms with Crippen molar-refractivity contribution < 1.29 is 4.79 Å². The van der Waals surface area contributed by atoms with Gasteiger partial charge in [-0.1, -0.05) is 42.7 Å². The van der Waals surface area contributed by atoms with Crippen molar-refractivity contribution in [3.63, 3.8) is 0 Å². The molecule has 0 bridgehead atoms. The number of carbonyl (C=O) groups excluding carboxylic acids is 1. The molecule has 0 unspecified atom stereocenters. The molecule has 1 aliphatic carbocycles. The van der Waals surface area contributed by atoms with Crippen LogP contribution in [0.4, 0.5) is 0 Å². The quantitative estimate of drug-likeness (QED) is 0.749. The Hall–Kier alpha value is -2.88. The van der Waals surface area contributed by atoms with E-state index in [1.54, 1.807) is 0 Å². The fraction of sp³-hybridized carbons (Fsp3) is 0.304. The van der Waals surface area contributed by atoms with Gasteiger partial charge in [0.15, 0.2) is 0 Å². The van der Waals surface area contributed by atoms with Crippen LogP contribution in [0.1, 0.15) is 47.2 Å². The zero-order valence-electron chi connectivity index (χ0n) is 15.6. The lowest BCUT2D eigenvalue weighted by molar-refractivity contribution is 0.0664. The van der Waals surface area contributed by atoms with Gasteiger partial charge in [0, 0.05) is 22.7 Å². The standard InChI is InChI=1S/C23H24N2O2/c1-16-11-12-21-18(13-16)14-19(22(26)24-21)15-25(20-9-5-6-10-20)23(27)17-7-3-2-4-8-17/h2-4,7-8,11-14,20H,5-6,9-10,15H2,1H3,(H,24,26). The molecule has 1 aliphatic rings. The van der Waals surface area contributed by atoms with Gasteiger partial charge < -0.3 is 9.88 Å². The maximum absolute atomic E-state index is 13.2. The maximum Gasteiger partial charge on any atom is 0.254 e. The van der Waals surface area contributed by atoms with Gasteiger partial charge in [-0.2, -0.15) is 0 Å². The maximum atomic E-state index is 13.2. The van der Waals surface area contributed by atoms with Gasteiger partial charge >= 0.3 is 0 Å². The molecule has 4 nitrogen and oxygen atoms in total. The highest BCUT2D eigenvalue weighted by molar-refractivity contribution is 5.94. The molecule has 1 N–H and O–H groups in total. The molecule has 0 radical (unpaired) electrons. The van der Waals surface area contributed by atoms with E-state index in [9.17, 15) is 9.59 Å². The molecular formula is C23H24N2O2. The molecule has 3 aromatic rings. The number of hydrogen-bond acceptors (Lipinski definition) is 2. The van der Waals surface area contributed by atoms with Crippen LogP contribution in [0.3, 0.4) is 0 Å². The highest BCUT2D eigenvalue weighted by Gasteiger charge is 2.28. The summed E-state index contributed by atoms with van der Waals surface area (Å²) in [5.74, 6) is 0.00578. The van der Waals surface area contributed by atoms with Crippen LogP contribution in [0, 0.1) is 6.92 Å². The Bertz CT molecular complexity index is 1020. The van der Waals surface area contributed by atoms with Crippen LogP contribution in [-0.2, 0) is 6.54 Å². The Kier molecular flexibility index (Phi) is 4.80. The van der Waals surface area contributed by atoms with Gasteiger partial charge in [-0.3, -0.25) is 9.59 Å². The smallest absolute Gasteiger partial charge is 0.254 e. The van der Waals surface area contributed by atoms with Crippen molar-refractivity contribution in [3.05, 3.63) is 81.6 Å². The highest BCUT2D eigenvalue weighted by atomic mass is 16.2. The van der Waals surface area contributed by atoms with Gasteiger partial charge in [0.1, 0.15) is 0 Å². The first-order valence-corrected chi connectivity index (χ1v) is 9.60. The number of H-pyrrole nitrogens is 1. The van der Waals surface area contributed by atoms with Gasteiger partial charge in [0.2, 0.25) is 0 Å². The first kappa shape index (κ1) is 17.5. The van der Waals surface area contributed by atoms with E-state index in [-0.39, 0.29) is 17.5 Å². The number of aryl methyl sites for hydroxylation is 1. The molecule has 1 fully saturated rings. The van der Waals surface area contributed by atoms with Crippen molar-refractivity contribution >= 4 is 16.8 Å². The molecule has 1 saturated carbocycles. The zero-order valence-corrected chi connectivity index (χ0v) is 15.6. The Morgan fingerprint density at radius 1 is 1.07 bits per heavy atom. The van der Waals surface area contributed by atoms with Crippen molar-refractivity contribution in [3.8, 4) is 0 Å². The van der Waals surface area contributed by atoms with Crippen LogP contribution in [-0.4, -0.2) is 21.8 Å². The SMILES string of the molecule is Cc1ccc2[nH]c(=O)c(CN(C(=O)c3ccccc3)C3CCCC3)cc2c1. The van der Waals surface area contributed by atoms with E-state index in [0.29, 0.717) is 17.7 Å². The van der Waals surface area contributed by atoms with E-state index < -0.39 is 0 Å². The van der Waals surface area contributed by atoms with Crippen molar-refractivity contribution in [1.29, 1.82) is 0 Å². The second kappa shape index (κ2) is 7.39. The lowest BCUT2D eigenvalue weighted by Crippen LogP contribution is -2.39. The molecule has 0 spiro atoms. The monoisotopic (exact) mass is 360 g/mol. The molecule has 1 aromatic heterocycles. The Morgan fingerprint density at radius 3 is 2.56 bits per heavy atom. The van der Waals surface area contributed by atoms with E-state index in [1.807, 2.05) is 60.4 Å². The summed E-state index contributed by atoms with van der Waals surface area (Å²) in [6.07, 6.45) is 4.28. The summed E-state index contributed by atoms with van der Waals surface area (Å²) >= 11 is 0. The fourth-order valence-electron chi connectivity index (χ4n) is 4.00. The summed E-state index contributed by atoms with van der Waals surface area (Å²) in [6.45, 7) is 2.38. The first-order chi connectivity index (χ1) is 13.1. The van der Waals surface area contributed by atoms with Crippen molar-refractivity contribution in [2.75, 3.05) is 0 Å². The number of pyridine rings is 1. The molecule has 0 atom stereocenters. The summed E-state index contributed by atoms with van der Waals surface area (Å²) in [7, 11) is 0. The van der Waals surface area contributed by atoms with Crippen molar-refractivity contribution in [2.24, 2.45) is 0 Å². The Labute approximate surface area is 158 Å². The third-order valence-electron chi connectivity index (χ3n) is 5.46. The number of nitrogens with one attached hydrogen (secondary N) is 1. The number of aromatic amines is 1. The van der Waals surface area contributed by atoms with Gasteiger partial charge in [0.25, 0.3) is 11.5 Å². The molecule has 4 heteroatoms. The second-order valence-corrected chi connectivity index (χ2v) is 7.45. The number of amides is 1. The normalized spacial score (nSPS) is 14.6. The lowest BCUT2D eigenvalue weighted by atomic mass is 10.1. The molecule has 1 heterocycles. The fourth-order valence-corrected chi connectivity index (χ4v) is 4.00. The minimum Gasteiger partial charge on any atom is -0.331 e. The van der Waals surface area contributed by atoms with Gasteiger partial charge in [-0.25, -0.2) is 0 Å². The van der Waals surface area contributed by atoms with Crippen LogP contribution >= 0.6 is 0 Å². The summed E-state index contributed by atoms with van der Waals surface area (Å²) in [4.78, 5) is 30.7. The largest absolute Gasteiger partial charge is 0.331 e. The number of nitrogens with zero attached hydrogens (tertiary/aromatic N) is 1. The number of benzene rings is 2. The topological polar surface area (TPSA) is 53.2 Å². The Balaban J connectivity index is 1.71. The minimum absolute atomic E-state index is 0.00578. The third-order valence-corrected chi connectivity index (χ3v) is 5.46. The van der Waals surface area contributed by atoms with E-state index in [1.165, 1.54) is 0 Å². The van der Waals surface area contributed by atoms with E-state index in [2.05, 4.69) is 11.1 Å². The summed E-state index contributed by atoms with van der Waals surface area (Å²) in [5.41, 5.74) is 3.18. The molecule has 138 valence electrons. The molecule has 0 aliphatic heterocycles. The lowest BCUT2D eigenvalue weighted by Gasteiger charge is -2.29. The predicted molar refractivity (Wildman–Crippen MR) is 108 cm³/mol. The van der Waals surface area contributed by atoms with Gasteiger partial charge in [0.05, 0.1) is 6.54 Å². The number of carbonyl (C=O) groups is 1. The second-order valence-electron chi connectivity index (χ2n) is 7.45. The van der Waals surface area contributed by atoms with Crippen LogP contribution in [0.25, 0.3) is 10.9 Å². The molecule has 0 saturated heterocycles. The molecule has 4 rings (SSSR count). The van der Waals surface area contributed by atoms with E-state index >= 15 is 0 Å². The van der Waals surface area contributed by atoms with Crippen LogP contribution in [0.15, 0.2) is 59.4 Å². The van der Waals surface area contributed by atoms with Crippen LogP contribution in [0.5, 0.6) is 0 Å². The Morgan fingerprint density at radius 2 is 1.81 bits per heavy atom. The summed E-state index contributed by atoms with van der Waals surface area (Å²) in [6, 6.07) is 17.5. The molecule has 2 aromatic carbocycles. The predicted octanol–water partition coefficient (Wildman–Crippen LogP) is 4.42. The van der Waals surface area contributed by atoms with E-state index in [4.69, 9.17) is 0 Å². The molecule has 27 heavy (non-hydrogen) atoms. The molecular weight excluding hydrogens is 336 g/mol. The summed E-state index contributed by atoms with van der Waals surface area (Å²) < 4.78 is 0. The number of aromatic nitrogens is 1. The number of rotatable bonds is 4. The molecule has 1 amide bonds. The zero-order chi connectivity index (χ0) is 18.8. The third kappa shape index (κ3) is 3.65. The minimum atomic E-state index is -0.116. The highest BCUT2D eigenvalue weighted by Crippen LogP contribution is 2.26. The van der Waals surface area contributed by atoms with Gasteiger partial charge in [-0.15, -0.1) is 0 Å².